The van der Waals surface area contributed by atoms with E-state index in [-0.39, 0.29) is 28.4 Å². The molecule has 26 heavy (non-hydrogen) atoms. The average Bonchev–Trinajstić information content (AvgIpc) is 3.17. The van der Waals surface area contributed by atoms with Crippen LogP contribution in [0.5, 0.6) is 0 Å². The Kier molecular flexibility index (Phi) is 7.48. The number of ether oxygens (including phenoxy) is 1. The molecule has 0 aliphatic carbocycles. The van der Waals surface area contributed by atoms with Crippen molar-refractivity contribution >= 4 is 39.3 Å². The summed E-state index contributed by atoms with van der Waals surface area (Å²) in [7, 11) is -2.12. The van der Waals surface area contributed by atoms with Gasteiger partial charge in [0.2, 0.25) is 15.9 Å². The number of carbonyl (C=O) groups is 2. The molecule has 1 aliphatic rings. The lowest BCUT2D eigenvalue weighted by atomic mass is 10.3. The molecule has 1 saturated heterocycles. The van der Waals surface area contributed by atoms with E-state index in [4.69, 9.17) is 0 Å². The van der Waals surface area contributed by atoms with Crippen molar-refractivity contribution in [2.24, 2.45) is 0 Å². The number of nitrogens with zero attached hydrogens (tertiary/aromatic N) is 1. The van der Waals surface area contributed by atoms with Crippen LogP contribution in [0.1, 0.15) is 26.2 Å². The summed E-state index contributed by atoms with van der Waals surface area (Å²) in [5.74, 6) is -0.0104. The standard InChI is InChI=1S/C17H24N2O5S2/c1-13(25-12-9-16(20)24-2)17(21)18-14-5-7-15(8-6-14)26(22,23)19-10-3-4-11-19/h5-8,13H,3-4,9-12H2,1-2H3,(H,18,21)/t13-/m0/s1. The number of hydrogen-bond donors (Lipinski definition) is 1. The first-order valence-corrected chi connectivity index (χ1v) is 10.9. The Labute approximate surface area is 158 Å². The molecule has 144 valence electrons. The van der Waals surface area contributed by atoms with Gasteiger partial charge < -0.3 is 10.1 Å². The minimum Gasteiger partial charge on any atom is -0.469 e. The van der Waals surface area contributed by atoms with Crippen molar-refractivity contribution < 1.29 is 22.7 Å². The van der Waals surface area contributed by atoms with Gasteiger partial charge in [0.25, 0.3) is 0 Å². The van der Waals surface area contributed by atoms with Crippen LogP contribution in [-0.4, -0.2) is 55.8 Å². The fourth-order valence-electron chi connectivity index (χ4n) is 2.53. The molecule has 1 N–H and O–H groups in total. The first-order chi connectivity index (χ1) is 12.3. The minimum atomic E-state index is -3.45. The molecule has 1 aromatic carbocycles. The normalized spacial score (nSPS) is 16.2. The molecule has 9 heteroatoms. The third-order valence-electron chi connectivity index (χ3n) is 4.10. The van der Waals surface area contributed by atoms with Gasteiger partial charge in [0.1, 0.15) is 0 Å². The van der Waals surface area contributed by atoms with Gasteiger partial charge in [-0.25, -0.2) is 8.42 Å². The molecule has 1 amide bonds. The number of methoxy groups -OCH3 is 1. The van der Waals surface area contributed by atoms with Gasteiger partial charge in [-0.15, -0.1) is 11.8 Å². The Morgan fingerprint density at radius 2 is 1.85 bits per heavy atom. The maximum absolute atomic E-state index is 12.5. The van der Waals surface area contributed by atoms with Crippen LogP contribution >= 0.6 is 11.8 Å². The molecule has 0 aromatic heterocycles. The highest BCUT2D eigenvalue weighted by Gasteiger charge is 2.27. The molecule has 0 saturated carbocycles. The summed E-state index contributed by atoms with van der Waals surface area (Å²) in [6.07, 6.45) is 2.03. The van der Waals surface area contributed by atoms with Crippen LogP contribution in [0, 0.1) is 0 Å². The van der Waals surface area contributed by atoms with Crippen molar-refractivity contribution in [3.8, 4) is 0 Å². The number of esters is 1. The van der Waals surface area contributed by atoms with Gasteiger partial charge >= 0.3 is 5.97 Å². The topological polar surface area (TPSA) is 92.8 Å². The predicted octanol–water partition coefficient (Wildman–Crippen LogP) is 2.09. The molecule has 1 fully saturated rings. The average molecular weight is 401 g/mol. The summed E-state index contributed by atoms with van der Waals surface area (Å²) in [5, 5.41) is 2.42. The third kappa shape index (κ3) is 5.46. The first kappa shape index (κ1) is 20.7. The Bertz CT molecular complexity index is 728. The number of carbonyl (C=O) groups excluding carboxylic acids is 2. The van der Waals surface area contributed by atoms with Gasteiger partial charge in [-0.3, -0.25) is 9.59 Å². The van der Waals surface area contributed by atoms with Crippen molar-refractivity contribution in [1.82, 2.24) is 4.31 Å². The van der Waals surface area contributed by atoms with E-state index in [0.717, 1.165) is 12.8 Å². The number of thioether (sulfide) groups is 1. The SMILES string of the molecule is COC(=O)CCS[C@@H](C)C(=O)Nc1ccc(S(=O)(=O)N2CCCC2)cc1. The predicted molar refractivity (Wildman–Crippen MR) is 102 cm³/mol. The Morgan fingerprint density at radius 3 is 2.42 bits per heavy atom. The summed E-state index contributed by atoms with van der Waals surface area (Å²) in [5.41, 5.74) is 0.538. The molecule has 1 heterocycles. The van der Waals surface area contributed by atoms with E-state index in [0.29, 0.717) is 24.5 Å². The Balaban J connectivity index is 1.90. The Hall–Kier alpha value is -1.58. The van der Waals surface area contributed by atoms with E-state index in [1.165, 1.54) is 35.3 Å². The van der Waals surface area contributed by atoms with E-state index in [2.05, 4.69) is 10.1 Å². The molecule has 7 nitrogen and oxygen atoms in total. The van der Waals surface area contributed by atoms with E-state index in [1.807, 2.05) is 0 Å². The summed E-state index contributed by atoms with van der Waals surface area (Å²) in [6.45, 7) is 2.87. The van der Waals surface area contributed by atoms with Gasteiger partial charge in [0.05, 0.1) is 23.7 Å². The van der Waals surface area contributed by atoms with Gasteiger partial charge in [-0.05, 0) is 44.0 Å². The second kappa shape index (κ2) is 9.38. The van der Waals surface area contributed by atoms with Crippen molar-refractivity contribution in [3.63, 3.8) is 0 Å². The minimum absolute atomic E-state index is 0.199. The third-order valence-corrected chi connectivity index (χ3v) is 7.16. The zero-order chi connectivity index (χ0) is 19.2. The molecule has 0 spiro atoms. The lowest BCUT2D eigenvalue weighted by Gasteiger charge is -2.16. The van der Waals surface area contributed by atoms with Crippen LogP contribution in [0.3, 0.4) is 0 Å². The zero-order valence-corrected chi connectivity index (χ0v) is 16.6. The smallest absolute Gasteiger partial charge is 0.306 e. The van der Waals surface area contributed by atoms with E-state index < -0.39 is 10.0 Å². The van der Waals surface area contributed by atoms with Crippen LogP contribution in [0.4, 0.5) is 5.69 Å². The van der Waals surface area contributed by atoms with Crippen LogP contribution < -0.4 is 5.32 Å². The van der Waals surface area contributed by atoms with Crippen LogP contribution in [0.15, 0.2) is 29.2 Å². The zero-order valence-electron chi connectivity index (χ0n) is 14.9. The Morgan fingerprint density at radius 1 is 1.23 bits per heavy atom. The molecule has 0 radical (unpaired) electrons. The second-order valence-electron chi connectivity index (χ2n) is 5.96. The highest BCUT2D eigenvalue weighted by molar-refractivity contribution is 8.00. The van der Waals surface area contributed by atoms with Crippen molar-refractivity contribution in [2.45, 2.75) is 36.3 Å². The van der Waals surface area contributed by atoms with E-state index in [1.54, 1.807) is 19.1 Å². The molecule has 0 unspecified atom stereocenters. The number of benzene rings is 1. The molecule has 1 aromatic rings. The monoisotopic (exact) mass is 400 g/mol. The molecule has 1 atom stereocenters. The van der Waals surface area contributed by atoms with Gasteiger partial charge in [-0.1, -0.05) is 0 Å². The van der Waals surface area contributed by atoms with Crippen molar-refractivity contribution in [3.05, 3.63) is 24.3 Å². The van der Waals surface area contributed by atoms with Gasteiger partial charge in [-0.2, -0.15) is 4.31 Å². The summed E-state index contributed by atoms with van der Waals surface area (Å²) < 4.78 is 31.0. The largest absolute Gasteiger partial charge is 0.469 e. The number of anilines is 1. The fraction of sp³-hybridized carbons (Fsp3) is 0.529. The summed E-state index contributed by atoms with van der Waals surface area (Å²) in [6, 6.07) is 6.20. The van der Waals surface area contributed by atoms with Crippen LogP contribution in [0.2, 0.25) is 0 Å². The molecular weight excluding hydrogens is 376 g/mol. The lowest BCUT2D eigenvalue weighted by molar-refractivity contribution is -0.140. The second-order valence-corrected chi connectivity index (χ2v) is 9.35. The fourth-order valence-corrected chi connectivity index (χ4v) is 4.89. The number of rotatable bonds is 8. The molecule has 2 rings (SSSR count). The number of nitrogens with one attached hydrogen (secondary N) is 1. The maximum atomic E-state index is 12.5. The number of hydrogen-bond acceptors (Lipinski definition) is 6. The van der Waals surface area contributed by atoms with Crippen molar-refractivity contribution in [1.29, 1.82) is 0 Å². The van der Waals surface area contributed by atoms with E-state index in [9.17, 15) is 18.0 Å². The molecule has 0 bridgehead atoms. The highest BCUT2D eigenvalue weighted by atomic mass is 32.2. The van der Waals surface area contributed by atoms with E-state index >= 15 is 0 Å². The van der Waals surface area contributed by atoms with Crippen LogP contribution in [-0.2, 0) is 24.3 Å². The molecule has 1 aliphatic heterocycles. The number of sulfonamides is 1. The lowest BCUT2D eigenvalue weighted by Crippen LogP contribution is -2.28. The summed E-state index contributed by atoms with van der Waals surface area (Å²) in [4.78, 5) is 23.5. The van der Waals surface area contributed by atoms with Gasteiger partial charge in [0.15, 0.2) is 0 Å². The van der Waals surface area contributed by atoms with Gasteiger partial charge in [0, 0.05) is 24.5 Å². The highest BCUT2D eigenvalue weighted by Crippen LogP contribution is 2.22. The van der Waals surface area contributed by atoms with Crippen molar-refractivity contribution in [2.75, 3.05) is 31.3 Å². The van der Waals surface area contributed by atoms with Crippen LogP contribution in [0.25, 0.3) is 0 Å². The number of amides is 1. The quantitative estimate of drug-likeness (QED) is 0.672. The molecular formula is C17H24N2O5S2. The maximum Gasteiger partial charge on any atom is 0.306 e. The first-order valence-electron chi connectivity index (χ1n) is 8.44. The summed E-state index contributed by atoms with van der Waals surface area (Å²) >= 11 is 1.36.